The van der Waals surface area contributed by atoms with Crippen molar-refractivity contribution in [3.05, 3.63) is 53.3 Å². The second kappa shape index (κ2) is 4.73. The first-order chi connectivity index (χ1) is 8.91. The van der Waals surface area contributed by atoms with Crippen molar-refractivity contribution in [2.75, 3.05) is 0 Å². The third-order valence-electron chi connectivity index (χ3n) is 2.73. The summed E-state index contributed by atoms with van der Waals surface area (Å²) in [6.07, 6.45) is -2.92. The zero-order valence-electron chi connectivity index (χ0n) is 9.99. The van der Waals surface area contributed by atoms with Crippen LogP contribution in [0.4, 0.5) is 13.2 Å². The van der Waals surface area contributed by atoms with Gasteiger partial charge in [-0.05, 0) is 30.7 Å². The van der Waals surface area contributed by atoms with Crippen LogP contribution in [0.15, 0.2) is 36.5 Å². The van der Waals surface area contributed by atoms with Crippen LogP contribution in [0.2, 0.25) is 0 Å². The van der Waals surface area contributed by atoms with E-state index in [1.54, 1.807) is 13.0 Å². The van der Waals surface area contributed by atoms with Gasteiger partial charge in [0.2, 0.25) is 0 Å². The Morgan fingerprint density at radius 2 is 1.89 bits per heavy atom. The third kappa shape index (κ3) is 2.74. The van der Waals surface area contributed by atoms with E-state index in [4.69, 9.17) is 5.26 Å². The Hall–Kier alpha value is -2.35. The minimum absolute atomic E-state index is 0.356. The number of hydrogen-bond acceptors (Lipinski definition) is 2. The molecular weight excluding hydrogens is 253 g/mol. The largest absolute Gasteiger partial charge is 0.416 e. The van der Waals surface area contributed by atoms with Crippen molar-refractivity contribution in [3.63, 3.8) is 0 Å². The molecule has 0 unspecified atom stereocenters. The number of aromatic nitrogens is 1. The number of rotatable bonds is 1. The van der Waals surface area contributed by atoms with Gasteiger partial charge in [-0.1, -0.05) is 12.1 Å². The summed E-state index contributed by atoms with van der Waals surface area (Å²) in [6, 6.07) is 8.46. The van der Waals surface area contributed by atoms with Gasteiger partial charge in [-0.2, -0.15) is 18.4 Å². The van der Waals surface area contributed by atoms with Gasteiger partial charge >= 0.3 is 6.18 Å². The second-order valence-corrected chi connectivity index (χ2v) is 4.05. The Balaban J connectivity index is 2.51. The normalized spacial score (nSPS) is 11.1. The molecule has 1 aromatic heterocycles. The zero-order valence-corrected chi connectivity index (χ0v) is 9.99. The second-order valence-electron chi connectivity index (χ2n) is 4.05. The average Bonchev–Trinajstić information content (AvgIpc) is 2.38. The molecule has 5 heteroatoms. The van der Waals surface area contributed by atoms with Gasteiger partial charge in [0.05, 0.1) is 16.8 Å². The van der Waals surface area contributed by atoms with Crippen LogP contribution in [-0.4, -0.2) is 4.98 Å². The van der Waals surface area contributed by atoms with Gasteiger partial charge in [0.1, 0.15) is 6.07 Å². The molecule has 1 aromatic carbocycles. The van der Waals surface area contributed by atoms with E-state index in [1.807, 2.05) is 6.07 Å². The summed E-state index contributed by atoms with van der Waals surface area (Å²) in [5, 5.41) is 8.90. The van der Waals surface area contributed by atoms with E-state index < -0.39 is 11.7 Å². The number of pyridine rings is 1. The van der Waals surface area contributed by atoms with Crippen molar-refractivity contribution in [1.82, 2.24) is 4.98 Å². The van der Waals surface area contributed by atoms with Crippen molar-refractivity contribution in [2.24, 2.45) is 0 Å². The molecular formula is C14H9F3N2. The maximum Gasteiger partial charge on any atom is 0.416 e. The van der Waals surface area contributed by atoms with Crippen molar-refractivity contribution >= 4 is 0 Å². The van der Waals surface area contributed by atoms with E-state index >= 15 is 0 Å². The first-order valence-electron chi connectivity index (χ1n) is 5.46. The average molecular weight is 262 g/mol. The number of alkyl halides is 3. The molecule has 19 heavy (non-hydrogen) atoms. The molecule has 0 bridgehead atoms. The Kier molecular flexibility index (Phi) is 3.26. The number of aryl methyl sites for hydroxylation is 1. The van der Waals surface area contributed by atoms with Gasteiger partial charge in [0, 0.05) is 11.8 Å². The fourth-order valence-electron chi connectivity index (χ4n) is 1.68. The van der Waals surface area contributed by atoms with Crippen molar-refractivity contribution in [1.29, 1.82) is 5.26 Å². The first-order valence-corrected chi connectivity index (χ1v) is 5.46. The fraction of sp³-hybridized carbons (Fsp3) is 0.143. The van der Waals surface area contributed by atoms with E-state index in [9.17, 15) is 13.2 Å². The van der Waals surface area contributed by atoms with Crippen LogP contribution in [-0.2, 0) is 6.18 Å². The molecule has 0 aliphatic heterocycles. The summed E-state index contributed by atoms with van der Waals surface area (Å²) in [6.45, 7) is 1.68. The minimum atomic E-state index is -4.38. The third-order valence-corrected chi connectivity index (χ3v) is 2.73. The molecule has 0 aliphatic carbocycles. The molecule has 0 amide bonds. The highest BCUT2D eigenvalue weighted by Gasteiger charge is 2.30. The van der Waals surface area contributed by atoms with Crippen LogP contribution in [0, 0.1) is 18.3 Å². The summed E-state index contributed by atoms with van der Waals surface area (Å²) in [7, 11) is 0. The predicted molar refractivity (Wildman–Crippen MR) is 64.1 cm³/mol. The van der Waals surface area contributed by atoms with E-state index in [2.05, 4.69) is 4.98 Å². The van der Waals surface area contributed by atoms with Crippen molar-refractivity contribution < 1.29 is 13.2 Å². The smallest absolute Gasteiger partial charge is 0.260 e. The standard InChI is InChI=1S/C14H9F3N2/c1-9-11(7-18)5-12(8-19-9)10-3-2-4-13(6-10)14(15,16)17/h2-6,8H,1H3. The number of halogens is 3. The van der Waals surface area contributed by atoms with Crippen LogP contribution in [0.1, 0.15) is 16.8 Å². The summed E-state index contributed by atoms with van der Waals surface area (Å²) in [5.41, 5.74) is 1.07. The van der Waals surface area contributed by atoms with Gasteiger partial charge in [-0.3, -0.25) is 4.98 Å². The summed E-state index contributed by atoms with van der Waals surface area (Å²) in [4.78, 5) is 4.01. The van der Waals surface area contributed by atoms with Crippen LogP contribution in [0.5, 0.6) is 0 Å². The molecule has 2 aromatic rings. The number of nitriles is 1. The molecule has 0 aliphatic rings. The van der Waals surface area contributed by atoms with Crippen molar-refractivity contribution in [2.45, 2.75) is 13.1 Å². The molecule has 0 N–H and O–H groups in total. The predicted octanol–water partition coefficient (Wildman–Crippen LogP) is 3.95. The number of nitrogens with zero attached hydrogens (tertiary/aromatic N) is 2. The summed E-state index contributed by atoms with van der Waals surface area (Å²) >= 11 is 0. The molecule has 0 atom stereocenters. The number of hydrogen-bond donors (Lipinski definition) is 0. The lowest BCUT2D eigenvalue weighted by atomic mass is 10.0. The highest BCUT2D eigenvalue weighted by atomic mass is 19.4. The van der Waals surface area contributed by atoms with Gasteiger partial charge < -0.3 is 0 Å². The Morgan fingerprint density at radius 3 is 2.53 bits per heavy atom. The van der Waals surface area contributed by atoms with E-state index in [0.29, 0.717) is 22.4 Å². The van der Waals surface area contributed by atoms with Crippen LogP contribution in [0.25, 0.3) is 11.1 Å². The molecule has 2 rings (SSSR count). The lowest BCUT2D eigenvalue weighted by molar-refractivity contribution is -0.137. The lowest BCUT2D eigenvalue weighted by Crippen LogP contribution is -2.04. The Bertz CT molecular complexity index is 654. The first kappa shape index (κ1) is 13.1. The quantitative estimate of drug-likeness (QED) is 0.780. The van der Waals surface area contributed by atoms with Crippen LogP contribution < -0.4 is 0 Å². The maximum atomic E-state index is 12.6. The molecule has 1 heterocycles. The Morgan fingerprint density at radius 1 is 1.16 bits per heavy atom. The molecule has 0 fully saturated rings. The highest BCUT2D eigenvalue weighted by molar-refractivity contribution is 5.65. The van der Waals surface area contributed by atoms with E-state index in [1.165, 1.54) is 18.3 Å². The number of benzene rings is 1. The van der Waals surface area contributed by atoms with Crippen molar-refractivity contribution in [3.8, 4) is 17.2 Å². The van der Waals surface area contributed by atoms with Gasteiger partial charge in [0.15, 0.2) is 0 Å². The molecule has 0 saturated carbocycles. The lowest BCUT2D eigenvalue weighted by Gasteiger charge is -2.09. The van der Waals surface area contributed by atoms with Crippen LogP contribution in [0.3, 0.4) is 0 Å². The molecule has 96 valence electrons. The Labute approximate surface area is 108 Å². The summed E-state index contributed by atoms with van der Waals surface area (Å²) in [5.74, 6) is 0. The summed E-state index contributed by atoms with van der Waals surface area (Å²) < 4.78 is 37.9. The topological polar surface area (TPSA) is 36.7 Å². The molecule has 2 nitrogen and oxygen atoms in total. The van der Waals surface area contributed by atoms with Gasteiger partial charge in [0.25, 0.3) is 0 Å². The minimum Gasteiger partial charge on any atom is -0.260 e. The molecule has 0 spiro atoms. The SMILES string of the molecule is Cc1ncc(-c2cccc(C(F)(F)F)c2)cc1C#N. The highest BCUT2D eigenvalue weighted by Crippen LogP contribution is 2.32. The fourth-order valence-corrected chi connectivity index (χ4v) is 1.68. The molecule has 0 radical (unpaired) electrons. The maximum absolute atomic E-state index is 12.6. The van der Waals surface area contributed by atoms with Gasteiger partial charge in [-0.15, -0.1) is 0 Å². The monoisotopic (exact) mass is 262 g/mol. The van der Waals surface area contributed by atoms with Crippen LogP contribution >= 0.6 is 0 Å². The zero-order chi connectivity index (χ0) is 14.0. The molecule has 0 saturated heterocycles. The van der Waals surface area contributed by atoms with Gasteiger partial charge in [-0.25, -0.2) is 0 Å². The van der Waals surface area contributed by atoms with E-state index in [0.717, 1.165) is 12.1 Å². The van der Waals surface area contributed by atoms with E-state index in [-0.39, 0.29) is 0 Å².